The lowest BCUT2D eigenvalue weighted by Crippen LogP contribution is -2.43. The highest BCUT2D eigenvalue weighted by atomic mass is 16.2. The Balaban J connectivity index is 2.10. The second-order valence-corrected chi connectivity index (χ2v) is 4.38. The number of carbonyl (C=O) groups is 1. The minimum atomic E-state index is -0.388. The summed E-state index contributed by atoms with van der Waals surface area (Å²) in [5.41, 5.74) is 8.36. The summed E-state index contributed by atoms with van der Waals surface area (Å²) in [5.74, 6) is 0.0628. The van der Waals surface area contributed by atoms with Gasteiger partial charge in [0.2, 0.25) is 5.91 Å². The molecule has 1 aliphatic heterocycles. The van der Waals surface area contributed by atoms with Crippen molar-refractivity contribution >= 4 is 5.91 Å². The molecule has 0 spiro atoms. The van der Waals surface area contributed by atoms with E-state index in [4.69, 9.17) is 5.73 Å². The van der Waals surface area contributed by atoms with Gasteiger partial charge in [0.15, 0.2) is 0 Å². The summed E-state index contributed by atoms with van der Waals surface area (Å²) >= 11 is 0. The summed E-state index contributed by atoms with van der Waals surface area (Å²) in [7, 11) is 0. The summed E-state index contributed by atoms with van der Waals surface area (Å²) in [6, 6.07) is 8.02. The number of fused-ring (bicyclic) bond motifs is 1. The normalized spacial score (nSPS) is 17.5. The molecule has 0 fully saturated rings. The number of amides is 1. The Morgan fingerprint density at radius 2 is 1.75 bits per heavy atom. The van der Waals surface area contributed by atoms with Gasteiger partial charge in [0, 0.05) is 13.1 Å². The number of benzene rings is 1. The molecule has 1 atom stereocenters. The second-order valence-electron chi connectivity index (χ2n) is 4.38. The van der Waals surface area contributed by atoms with Gasteiger partial charge in [0.25, 0.3) is 0 Å². The molecular weight excluding hydrogens is 200 g/mol. The van der Waals surface area contributed by atoms with E-state index in [2.05, 4.69) is 24.3 Å². The third-order valence-electron chi connectivity index (χ3n) is 3.12. The lowest BCUT2D eigenvalue weighted by molar-refractivity contribution is -0.132. The fourth-order valence-electron chi connectivity index (χ4n) is 2.18. The van der Waals surface area contributed by atoms with E-state index in [1.54, 1.807) is 6.92 Å². The zero-order valence-corrected chi connectivity index (χ0v) is 9.65. The van der Waals surface area contributed by atoms with Crippen LogP contribution >= 0.6 is 0 Å². The van der Waals surface area contributed by atoms with Gasteiger partial charge in [-0.2, -0.15) is 0 Å². The quantitative estimate of drug-likeness (QED) is 0.763. The van der Waals surface area contributed by atoms with Crippen LogP contribution in [0, 0.1) is 0 Å². The maximum atomic E-state index is 11.8. The van der Waals surface area contributed by atoms with Crippen LogP contribution in [0.2, 0.25) is 0 Å². The van der Waals surface area contributed by atoms with Gasteiger partial charge in [0.05, 0.1) is 6.04 Å². The van der Waals surface area contributed by atoms with Crippen LogP contribution < -0.4 is 5.73 Å². The van der Waals surface area contributed by atoms with Crippen molar-refractivity contribution in [3.8, 4) is 0 Å². The van der Waals surface area contributed by atoms with Crippen LogP contribution in [0.25, 0.3) is 0 Å². The molecule has 3 heteroatoms. The molecule has 0 saturated heterocycles. The molecule has 86 valence electrons. The zero-order valence-electron chi connectivity index (χ0n) is 9.65. The van der Waals surface area contributed by atoms with Crippen molar-refractivity contribution in [2.75, 3.05) is 13.1 Å². The first kappa shape index (κ1) is 11.1. The molecule has 16 heavy (non-hydrogen) atoms. The maximum Gasteiger partial charge on any atom is 0.239 e. The number of rotatable bonds is 1. The third-order valence-corrected chi connectivity index (χ3v) is 3.12. The molecule has 0 saturated carbocycles. The van der Waals surface area contributed by atoms with Crippen LogP contribution in [-0.4, -0.2) is 29.9 Å². The van der Waals surface area contributed by atoms with Gasteiger partial charge < -0.3 is 10.6 Å². The van der Waals surface area contributed by atoms with Crippen LogP contribution in [0.5, 0.6) is 0 Å². The predicted molar refractivity (Wildman–Crippen MR) is 64.1 cm³/mol. The van der Waals surface area contributed by atoms with Crippen molar-refractivity contribution in [3.63, 3.8) is 0 Å². The van der Waals surface area contributed by atoms with E-state index in [9.17, 15) is 4.79 Å². The van der Waals surface area contributed by atoms with Crippen LogP contribution in [-0.2, 0) is 17.6 Å². The van der Waals surface area contributed by atoms with E-state index in [0.717, 1.165) is 25.9 Å². The number of carbonyl (C=O) groups excluding carboxylic acids is 1. The summed E-state index contributed by atoms with van der Waals surface area (Å²) in [4.78, 5) is 13.7. The van der Waals surface area contributed by atoms with E-state index in [-0.39, 0.29) is 11.9 Å². The number of hydrogen-bond donors (Lipinski definition) is 1. The van der Waals surface area contributed by atoms with Gasteiger partial charge in [-0.15, -0.1) is 0 Å². The smallest absolute Gasteiger partial charge is 0.239 e. The molecule has 2 N–H and O–H groups in total. The summed E-state index contributed by atoms with van der Waals surface area (Å²) < 4.78 is 0. The summed E-state index contributed by atoms with van der Waals surface area (Å²) in [6.45, 7) is 3.33. The van der Waals surface area contributed by atoms with Gasteiger partial charge in [-0.25, -0.2) is 0 Å². The number of nitrogens with zero attached hydrogens (tertiary/aromatic N) is 1. The molecule has 0 bridgehead atoms. The topological polar surface area (TPSA) is 46.3 Å². The van der Waals surface area contributed by atoms with E-state index in [1.807, 2.05) is 4.90 Å². The lowest BCUT2D eigenvalue weighted by atomic mass is 10.0. The molecule has 0 aliphatic carbocycles. The molecule has 1 aromatic carbocycles. The Labute approximate surface area is 96.2 Å². The molecule has 1 amide bonds. The van der Waals surface area contributed by atoms with Crippen molar-refractivity contribution in [3.05, 3.63) is 35.4 Å². The standard InChI is InChI=1S/C13H18N2O/c1-10(14)13(16)15-8-6-11-4-2-3-5-12(11)7-9-15/h2-5,10H,6-9,14H2,1H3. The monoisotopic (exact) mass is 218 g/mol. The predicted octanol–water partition coefficient (Wildman–Crippen LogP) is 0.961. The molecule has 2 rings (SSSR count). The Morgan fingerprint density at radius 3 is 2.19 bits per heavy atom. The van der Waals surface area contributed by atoms with Crippen molar-refractivity contribution in [1.82, 2.24) is 4.90 Å². The average Bonchev–Trinajstić information content (AvgIpc) is 2.50. The average molecular weight is 218 g/mol. The van der Waals surface area contributed by atoms with E-state index >= 15 is 0 Å². The summed E-state index contributed by atoms with van der Waals surface area (Å²) in [6.07, 6.45) is 1.88. The van der Waals surface area contributed by atoms with E-state index in [1.165, 1.54) is 11.1 Å². The van der Waals surface area contributed by atoms with E-state index < -0.39 is 0 Å². The van der Waals surface area contributed by atoms with Crippen molar-refractivity contribution < 1.29 is 4.79 Å². The Bertz CT molecular complexity index is 360. The van der Waals surface area contributed by atoms with Crippen LogP contribution in [0.15, 0.2) is 24.3 Å². The molecule has 1 unspecified atom stereocenters. The molecule has 0 radical (unpaired) electrons. The highest BCUT2D eigenvalue weighted by Crippen LogP contribution is 2.15. The first-order valence-electron chi connectivity index (χ1n) is 5.79. The zero-order chi connectivity index (χ0) is 11.5. The minimum Gasteiger partial charge on any atom is -0.341 e. The summed E-state index contributed by atoms with van der Waals surface area (Å²) in [5, 5.41) is 0. The Kier molecular flexibility index (Phi) is 3.25. The highest BCUT2D eigenvalue weighted by molar-refractivity contribution is 5.81. The largest absolute Gasteiger partial charge is 0.341 e. The molecule has 0 aromatic heterocycles. The van der Waals surface area contributed by atoms with Gasteiger partial charge in [0.1, 0.15) is 0 Å². The van der Waals surface area contributed by atoms with Gasteiger partial charge in [-0.05, 0) is 30.9 Å². The molecule has 1 heterocycles. The fraction of sp³-hybridized carbons (Fsp3) is 0.462. The SMILES string of the molecule is CC(N)C(=O)N1CCc2ccccc2CC1. The second kappa shape index (κ2) is 4.66. The number of hydrogen-bond acceptors (Lipinski definition) is 2. The van der Waals surface area contributed by atoms with Crippen LogP contribution in [0.4, 0.5) is 0 Å². The highest BCUT2D eigenvalue weighted by Gasteiger charge is 2.20. The molecular formula is C13H18N2O. The van der Waals surface area contributed by atoms with Crippen LogP contribution in [0.3, 0.4) is 0 Å². The third kappa shape index (κ3) is 2.25. The molecule has 1 aliphatic rings. The van der Waals surface area contributed by atoms with Gasteiger partial charge in [-0.3, -0.25) is 4.79 Å². The minimum absolute atomic E-state index is 0.0628. The van der Waals surface area contributed by atoms with Crippen molar-refractivity contribution in [1.29, 1.82) is 0 Å². The van der Waals surface area contributed by atoms with Crippen LogP contribution in [0.1, 0.15) is 18.1 Å². The first-order valence-corrected chi connectivity index (χ1v) is 5.79. The van der Waals surface area contributed by atoms with E-state index in [0.29, 0.717) is 0 Å². The maximum absolute atomic E-state index is 11.8. The van der Waals surface area contributed by atoms with Gasteiger partial charge >= 0.3 is 0 Å². The lowest BCUT2D eigenvalue weighted by Gasteiger charge is -2.22. The van der Waals surface area contributed by atoms with Crippen molar-refractivity contribution in [2.45, 2.75) is 25.8 Å². The van der Waals surface area contributed by atoms with Crippen molar-refractivity contribution in [2.24, 2.45) is 5.73 Å². The molecule has 1 aromatic rings. The molecule has 3 nitrogen and oxygen atoms in total. The Morgan fingerprint density at radius 1 is 1.25 bits per heavy atom. The Hall–Kier alpha value is -1.35. The fourth-order valence-corrected chi connectivity index (χ4v) is 2.18. The first-order chi connectivity index (χ1) is 7.68. The van der Waals surface area contributed by atoms with Gasteiger partial charge in [-0.1, -0.05) is 24.3 Å². The number of nitrogens with two attached hydrogens (primary N) is 1.